The fraction of sp³-hybridized carbons (Fsp3) is 0.357. The molecule has 224 valence electrons. The number of fused-ring (bicyclic) bond motifs is 4. The van der Waals surface area contributed by atoms with Crippen LogP contribution < -0.4 is 15.1 Å². The molecule has 2 saturated heterocycles. The smallest absolute Gasteiger partial charge is 0.488 e. The zero-order valence-corrected chi connectivity index (χ0v) is 27.0. The number of allylic oxidation sites excluding steroid dienone is 2. The lowest BCUT2D eigenvalue weighted by Gasteiger charge is -2.50. The van der Waals surface area contributed by atoms with Gasteiger partial charge in [-0.3, -0.25) is 29.0 Å². The molecule has 2 aliphatic carbocycles. The number of hydrogen-bond donors (Lipinski definition) is 3. The van der Waals surface area contributed by atoms with E-state index in [9.17, 15) is 34.3 Å². The molecule has 6 rings (SSSR count). The van der Waals surface area contributed by atoms with Crippen molar-refractivity contribution in [1.82, 2.24) is 4.90 Å². The lowest BCUT2D eigenvalue weighted by atomic mass is 9.56. The Morgan fingerprint density at radius 3 is 2.44 bits per heavy atom. The van der Waals surface area contributed by atoms with Crippen LogP contribution in [0, 0.1) is 17.8 Å². The van der Waals surface area contributed by atoms with Gasteiger partial charge < -0.3 is 19.9 Å². The average molecular weight is 757 g/mol. The van der Waals surface area contributed by atoms with E-state index in [1.807, 2.05) is 0 Å². The summed E-state index contributed by atoms with van der Waals surface area (Å²) < 4.78 is 5.60. The molecule has 2 aliphatic heterocycles. The number of halogens is 4. The summed E-state index contributed by atoms with van der Waals surface area (Å²) in [6.07, 6.45) is 1.76. The Bertz CT molecular complexity index is 1640. The van der Waals surface area contributed by atoms with Gasteiger partial charge in [0.2, 0.25) is 11.8 Å². The summed E-state index contributed by atoms with van der Waals surface area (Å²) in [5.74, 6) is -6.05. The Balaban J connectivity index is 1.52. The summed E-state index contributed by atoms with van der Waals surface area (Å²) >= 11 is 21.0. The zero-order chi connectivity index (χ0) is 31.2. The Labute approximate surface area is 273 Å². The largest absolute Gasteiger partial charge is 0.503 e. The second-order valence-electron chi connectivity index (χ2n) is 11.0. The molecule has 1 saturated carbocycles. The summed E-state index contributed by atoms with van der Waals surface area (Å²) in [4.78, 5) is 53.5. The van der Waals surface area contributed by atoms with E-state index in [1.54, 1.807) is 12.1 Å². The van der Waals surface area contributed by atoms with Crippen LogP contribution >= 0.6 is 55.1 Å². The van der Waals surface area contributed by atoms with Gasteiger partial charge in [0.1, 0.15) is 0 Å². The van der Waals surface area contributed by atoms with Crippen LogP contribution in [-0.2, 0) is 19.2 Å². The van der Waals surface area contributed by atoms with Crippen LogP contribution in [0.15, 0.2) is 52.5 Å². The Morgan fingerprint density at radius 1 is 1.07 bits per heavy atom. The maximum atomic E-state index is 14.1. The molecule has 2 aromatic carbocycles. The predicted molar refractivity (Wildman–Crippen MR) is 164 cm³/mol. The molecule has 43 heavy (non-hydrogen) atoms. The van der Waals surface area contributed by atoms with E-state index in [-0.39, 0.29) is 45.4 Å². The van der Waals surface area contributed by atoms with E-state index < -0.39 is 64.2 Å². The van der Waals surface area contributed by atoms with Gasteiger partial charge in [-0.2, -0.15) is 0 Å². The summed E-state index contributed by atoms with van der Waals surface area (Å²) in [6.45, 7) is 0. The van der Waals surface area contributed by atoms with Crippen molar-refractivity contribution in [3.8, 4) is 11.5 Å². The number of phenols is 1. The molecule has 4 aliphatic rings. The van der Waals surface area contributed by atoms with Crippen LogP contribution in [0.2, 0.25) is 0 Å². The standard InChI is InChI=1S/C28H23BBr2Cl2N2O8/c1-43-19-8-12(7-18(31)22(19)36)21-15-5-6-16-20(17(15)10-27(32)25(39)34(11-30)26(40)28(21,27)33)24(38)35(23(16)37)14-4-2-3-13(9-14)29(41)42/h2-5,7-9,16-17,20-21,36,41-42H,6,10-11H2,1H3. The van der Waals surface area contributed by atoms with E-state index >= 15 is 0 Å². The molecule has 0 bridgehead atoms. The highest BCUT2D eigenvalue weighted by Gasteiger charge is 2.76. The molecule has 6 atom stereocenters. The van der Waals surface area contributed by atoms with Crippen molar-refractivity contribution in [2.45, 2.75) is 28.5 Å². The number of likely N-dealkylation sites (tertiary alicyclic amines) is 1. The number of phenolic OH excluding ortho intramolecular Hbond substituents is 1. The molecular formula is C28H23BBr2Cl2N2O8. The number of benzene rings is 2. The van der Waals surface area contributed by atoms with Crippen molar-refractivity contribution in [1.29, 1.82) is 0 Å². The monoisotopic (exact) mass is 754 g/mol. The molecular weight excluding hydrogens is 734 g/mol. The maximum Gasteiger partial charge on any atom is 0.488 e. The fourth-order valence-electron chi connectivity index (χ4n) is 7.12. The SMILES string of the molecule is COc1cc(C2C3=CCC4C(=O)N(c5cccc(B(O)O)c5)C(=O)C4C3CC3(Cl)C(=O)N(CBr)C(=O)C23Cl)cc(Br)c1O. The average Bonchev–Trinajstić information content (AvgIpc) is 3.32. The van der Waals surface area contributed by atoms with Gasteiger partial charge in [0.05, 0.1) is 34.6 Å². The Kier molecular flexibility index (Phi) is 7.54. The van der Waals surface area contributed by atoms with E-state index in [0.717, 1.165) is 9.80 Å². The van der Waals surface area contributed by atoms with E-state index in [2.05, 4.69) is 31.9 Å². The minimum absolute atomic E-state index is 0.0830. The van der Waals surface area contributed by atoms with Gasteiger partial charge >= 0.3 is 7.12 Å². The van der Waals surface area contributed by atoms with Crippen LogP contribution in [0.25, 0.3) is 0 Å². The van der Waals surface area contributed by atoms with Crippen molar-refractivity contribution >= 4 is 97.0 Å². The minimum atomic E-state index is -2.01. The van der Waals surface area contributed by atoms with Gasteiger partial charge in [0.25, 0.3) is 11.8 Å². The lowest BCUT2D eigenvalue weighted by Crippen LogP contribution is -2.60. The Hall–Kier alpha value is -2.42. The number of ether oxygens (including phenoxy) is 1. The van der Waals surface area contributed by atoms with Gasteiger partial charge in [0, 0.05) is 5.92 Å². The zero-order valence-electron chi connectivity index (χ0n) is 22.3. The van der Waals surface area contributed by atoms with Crippen molar-refractivity contribution in [2.75, 3.05) is 17.5 Å². The number of aromatic hydroxyl groups is 1. The highest BCUT2D eigenvalue weighted by atomic mass is 79.9. The molecule has 6 unspecified atom stereocenters. The van der Waals surface area contributed by atoms with Crippen molar-refractivity contribution in [3.63, 3.8) is 0 Å². The van der Waals surface area contributed by atoms with Crippen LogP contribution in [0.1, 0.15) is 24.3 Å². The van der Waals surface area contributed by atoms with Crippen molar-refractivity contribution in [2.24, 2.45) is 17.8 Å². The fourth-order valence-corrected chi connectivity index (χ4v) is 9.01. The van der Waals surface area contributed by atoms with E-state index in [0.29, 0.717) is 11.1 Å². The number of alkyl halides is 3. The molecule has 0 radical (unpaired) electrons. The topological polar surface area (TPSA) is 145 Å². The van der Waals surface area contributed by atoms with Crippen molar-refractivity contribution in [3.05, 3.63) is 58.1 Å². The first kappa shape index (κ1) is 30.6. The first-order valence-corrected chi connectivity index (χ1v) is 15.9. The summed E-state index contributed by atoms with van der Waals surface area (Å²) in [6, 6.07) is 8.92. The van der Waals surface area contributed by atoms with Gasteiger partial charge in [0.15, 0.2) is 21.2 Å². The quantitative estimate of drug-likeness (QED) is 0.139. The summed E-state index contributed by atoms with van der Waals surface area (Å²) in [5.41, 5.74) is 1.12. The number of rotatable bonds is 5. The third kappa shape index (κ3) is 4.11. The van der Waals surface area contributed by atoms with Gasteiger partial charge in [-0.15, -0.1) is 23.2 Å². The number of hydrogen-bond acceptors (Lipinski definition) is 8. The normalized spacial score (nSPS) is 31.6. The molecule has 10 nitrogen and oxygen atoms in total. The van der Waals surface area contributed by atoms with Gasteiger partial charge in [-0.25, -0.2) is 0 Å². The summed E-state index contributed by atoms with van der Waals surface area (Å²) in [5, 5.41) is 29.8. The number of carbonyl (C=O) groups is 4. The van der Waals surface area contributed by atoms with Gasteiger partial charge in [-0.05, 0) is 70.0 Å². The van der Waals surface area contributed by atoms with E-state index in [4.69, 9.17) is 27.9 Å². The predicted octanol–water partition coefficient (Wildman–Crippen LogP) is 2.76. The highest BCUT2D eigenvalue weighted by molar-refractivity contribution is 9.10. The lowest BCUT2D eigenvalue weighted by molar-refractivity contribution is -0.138. The van der Waals surface area contributed by atoms with E-state index in [1.165, 1.54) is 37.4 Å². The number of carbonyl (C=O) groups excluding carboxylic acids is 4. The van der Waals surface area contributed by atoms with Crippen LogP contribution in [0.3, 0.4) is 0 Å². The number of amides is 4. The highest BCUT2D eigenvalue weighted by Crippen LogP contribution is 2.66. The third-order valence-corrected chi connectivity index (χ3v) is 11.6. The molecule has 0 spiro atoms. The second-order valence-corrected chi connectivity index (χ2v) is 13.6. The molecule has 2 aromatic rings. The van der Waals surface area contributed by atoms with Crippen molar-refractivity contribution < 1.29 is 39.1 Å². The number of nitrogens with zero attached hydrogens (tertiary/aromatic N) is 2. The third-order valence-electron chi connectivity index (χ3n) is 9.05. The Morgan fingerprint density at radius 2 is 1.79 bits per heavy atom. The number of methoxy groups -OCH3 is 1. The molecule has 3 fully saturated rings. The van der Waals surface area contributed by atoms with Crippen LogP contribution in [-0.4, -0.2) is 73.1 Å². The van der Waals surface area contributed by atoms with Gasteiger partial charge in [-0.1, -0.05) is 39.7 Å². The second kappa shape index (κ2) is 10.6. The number of imide groups is 2. The molecule has 3 N–H and O–H groups in total. The van der Waals surface area contributed by atoms with Crippen LogP contribution in [0.4, 0.5) is 5.69 Å². The molecule has 4 amide bonds. The first-order chi connectivity index (χ1) is 20.3. The molecule has 15 heteroatoms. The molecule has 2 heterocycles. The minimum Gasteiger partial charge on any atom is -0.503 e. The van der Waals surface area contributed by atoms with Crippen LogP contribution in [0.5, 0.6) is 11.5 Å². The summed E-state index contributed by atoms with van der Waals surface area (Å²) in [7, 11) is -0.443. The first-order valence-electron chi connectivity index (χ1n) is 13.2. The maximum absolute atomic E-state index is 14.1. The molecule has 0 aromatic heterocycles. The number of anilines is 1.